The van der Waals surface area contributed by atoms with Crippen LogP contribution < -0.4 is 15.0 Å². The first kappa shape index (κ1) is 18.4. The minimum absolute atomic E-state index is 0.0281. The number of aromatic nitrogens is 3. The van der Waals surface area contributed by atoms with Crippen molar-refractivity contribution in [1.82, 2.24) is 15.0 Å². The van der Waals surface area contributed by atoms with Crippen molar-refractivity contribution >= 4 is 22.6 Å². The molecule has 0 atom stereocenters. The van der Waals surface area contributed by atoms with Gasteiger partial charge in [-0.2, -0.15) is 0 Å². The fraction of sp³-hybridized carbons (Fsp3) is 0.350. The molecule has 3 aromatic rings. The highest BCUT2D eigenvalue weighted by Gasteiger charge is 2.27. The lowest BCUT2D eigenvalue weighted by molar-refractivity contribution is -0.897. The Morgan fingerprint density at radius 1 is 1.29 bits per heavy atom. The van der Waals surface area contributed by atoms with Crippen LogP contribution in [0, 0.1) is 5.82 Å². The SMILES string of the molecule is COc1ccccc1NC(=O)C[NH+]1CCC(n2nnc3cc(F)ccc32)CC1. The van der Waals surface area contributed by atoms with Gasteiger partial charge in [-0.3, -0.25) is 4.79 Å². The Kier molecular flexibility index (Phi) is 5.21. The van der Waals surface area contributed by atoms with E-state index in [0.29, 0.717) is 23.5 Å². The highest BCUT2D eigenvalue weighted by molar-refractivity contribution is 5.92. The van der Waals surface area contributed by atoms with Gasteiger partial charge in [-0.25, -0.2) is 9.07 Å². The first-order valence-electron chi connectivity index (χ1n) is 9.41. The number of ether oxygens (including phenoxy) is 1. The number of piperidine rings is 1. The zero-order chi connectivity index (χ0) is 19.5. The molecule has 7 nitrogen and oxygen atoms in total. The summed E-state index contributed by atoms with van der Waals surface area (Å²) in [5, 5.41) is 11.2. The lowest BCUT2D eigenvalue weighted by Gasteiger charge is -2.29. The molecule has 0 unspecified atom stereocenters. The predicted octanol–water partition coefficient (Wildman–Crippen LogP) is 1.44. The van der Waals surface area contributed by atoms with Crippen LogP contribution in [-0.2, 0) is 4.79 Å². The van der Waals surface area contributed by atoms with Gasteiger partial charge in [0.25, 0.3) is 5.91 Å². The van der Waals surface area contributed by atoms with Crippen LogP contribution in [0.15, 0.2) is 42.5 Å². The Bertz CT molecular complexity index is 982. The number of amides is 1. The van der Waals surface area contributed by atoms with E-state index in [0.717, 1.165) is 31.4 Å². The summed E-state index contributed by atoms with van der Waals surface area (Å²) in [6, 6.07) is 12.2. The average Bonchev–Trinajstić information content (AvgIpc) is 3.12. The molecule has 2 aromatic carbocycles. The van der Waals surface area contributed by atoms with Crippen molar-refractivity contribution in [2.24, 2.45) is 0 Å². The number of benzene rings is 2. The van der Waals surface area contributed by atoms with Gasteiger partial charge in [-0.05, 0) is 24.3 Å². The maximum Gasteiger partial charge on any atom is 0.279 e. The van der Waals surface area contributed by atoms with E-state index in [4.69, 9.17) is 4.74 Å². The van der Waals surface area contributed by atoms with Crippen LogP contribution in [0.1, 0.15) is 18.9 Å². The molecule has 2 N–H and O–H groups in total. The molecule has 28 heavy (non-hydrogen) atoms. The molecule has 0 spiro atoms. The van der Waals surface area contributed by atoms with Crippen LogP contribution in [0.25, 0.3) is 11.0 Å². The topological polar surface area (TPSA) is 73.5 Å². The number of halogens is 1. The van der Waals surface area contributed by atoms with Crippen molar-refractivity contribution in [1.29, 1.82) is 0 Å². The molecule has 1 aromatic heterocycles. The minimum atomic E-state index is -0.306. The monoisotopic (exact) mass is 384 g/mol. The van der Waals surface area contributed by atoms with Crippen molar-refractivity contribution in [3.8, 4) is 5.75 Å². The number of para-hydroxylation sites is 2. The number of carbonyl (C=O) groups excluding carboxylic acids is 1. The third-order valence-electron chi connectivity index (χ3n) is 5.23. The van der Waals surface area contributed by atoms with Gasteiger partial charge in [0.15, 0.2) is 6.54 Å². The van der Waals surface area contributed by atoms with Gasteiger partial charge in [0, 0.05) is 18.9 Å². The number of quaternary nitrogens is 1. The summed E-state index contributed by atoms with van der Waals surface area (Å²) in [7, 11) is 1.59. The molecule has 1 aliphatic heterocycles. The number of nitrogens with zero attached hydrogens (tertiary/aromatic N) is 3. The first-order chi connectivity index (χ1) is 13.6. The molecule has 146 valence electrons. The lowest BCUT2D eigenvalue weighted by atomic mass is 10.0. The second-order valence-electron chi connectivity index (χ2n) is 7.07. The minimum Gasteiger partial charge on any atom is -0.495 e. The zero-order valence-corrected chi connectivity index (χ0v) is 15.7. The molecular weight excluding hydrogens is 361 g/mol. The van der Waals surface area contributed by atoms with Gasteiger partial charge in [0.2, 0.25) is 0 Å². The van der Waals surface area contributed by atoms with Crippen LogP contribution >= 0.6 is 0 Å². The summed E-state index contributed by atoms with van der Waals surface area (Å²) in [4.78, 5) is 13.7. The summed E-state index contributed by atoms with van der Waals surface area (Å²) in [6.07, 6.45) is 1.79. The molecule has 8 heteroatoms. The number of likely N-dealkylation sites (tertiary alicyclic amines) is 1. The third-order valence-corrected chi connectivity index (χ3v) is 5.23. The molecule has 0 bridgehead atoms. The van der Waals surface area contributed by atoms with Gasteiger partial charge < -0.3 is 15.0 Å². The van der Waals surface area contributed by atoms with Crippen LogP contribution in [0.5, 0.6) is 5.75 Å². The number of hydrogen-bond donors (Lipinski definition) is 2. The third kappa shape index (κ3) is 3.82. The highest BCUT2D eigenvalue weighted by Crippen LogP contribution is 2.23. The van der Waals surface area contributed by atoms with Gasteiger partial charge in [0.1, 0.15) is 17.1 Å². The van der Waals surface area contributed by atoms with E-state index in [2.05, 4.69) is 15.6 Å². The summed E-state index contributed by atoms with van der Waals surface area (Å²) < 4.78 is 20.5. The maximum absolute atomic E-state index is 13.3. The number of rotatable bonds is 5. The Labute approximate surface area is 162 Å². The van der Waals surface area contributed by atoms with E-state index in [1.54, 1.807) is 13.2 Å². The zero-order valence-electron chi connectivity index (χ0n) is 15.7. The van der Waals surface area contributed by atoms with Crippen molar-refractivity contribution in [3.63, 3.8) is 0 Å². The van der Waals surface area contributed by atoms with Crippen LogP contribution in [0.4, 0.5) is 10.1 Å². The van der Waals surface area contributed by atoms with Gasteiger partial charge >= 0.3 is 0 Å². The Balaban J connectivity index is 1.34. The Morgan fingerprint density at radius 3 is 2.86 bits per heavy atom. The molecule has 0 radical (unpaired) electrons. The van der Waals surface area contributed by atoms with E-state index in [1.165, 1.54) is 17.0 Å². The Morgan fingerprint density at radius 2 is 2.07 bits per heavy atom. The van der Waals surface area contributed by atoms with Gasteiger partial charge in [-0.1, -0.05) is 17.3 Å². The van der Waals surface area contributed by atoms with Crippen LogP contribution in [0.3, 0.4) is 0 Å². The number of methoxy groups -OCH3 is 1. The van der Waals surface area contributed by atoms with Gasteiger partial charge in [0.05, 0.1) is 37.4 Å². The van der Waals surface area contributed by atoms with Crippen molar-refractivity contribution in [2.75, 3.05) is 32.1 Å². The molecule has 1 aliphatic rings. The fourth-order valence-corrected chi connectivity index (χ4v) is 3.79. The Hall–Kier alpha value is -3.00. The molecule has 2 heterocycles. The number of nitrogens with one attached hydrogen (secondary N) is 2. The van der Waals surface area contributed by atoms with Crippen molar-refractivity contribution in [3.05, 3.63) is 48.3 Å². The summed E-state index contributed by atoms with van der Waals surface area (Å²) >= 11 is 0. The summed E-state index contributed by atoms with van der Waals surface area (Å²) in [5.41, 5.74) is 2.11. The summed E-state index contributed by atoms with van der Waals surface area (Å²) in [5.74, 6) is 0.318. The van der Waals surface area contributed by atoms with E-state index >= 15 is 0 Å². The normalized spacial score (nSPS) is 19.5. The maximum atomic E-state index is 13.3. The summed E-state index contributed by atoms with van der Waals surface area (Å²) in [6.45, 7) is 2.15. The molecule has 1 fully saturated rings. The highest BCUT2D eigenvalue weighted by atomic mass is 19.1. The van der Waals surface area contributed by atoms with Crippen molar-refractivity contribution < 1.29 is 18.8 Å². The first-order valence-corrected chi connectivity index (χ1v) is 9.41. The second-order valence-corrected chi connectivity index (χ2v) is 7.07. The van der Waals surface area contributed by atoms with Crippen LogP contribution in [-0.4, -0.2) is 47.6 Å². The van der Waals surface area contributed by atoms with Crippen molar-refractivity contribution in [2.45, 2.75) is 18.9 Å². The smallest absolute Gasteiger partial charge is 0.279 e. The quantitative estimate of drug-likeness (QED) is 0.698. The molecule has 1 amide bonds. The lowest BCUT2D eigenvalue weighted by Crippen LogP contribution is -3.14. The number of hydrogen-bond acceptors (Lipinski definition) is 4. The number of carbonyl (C=O) groups is 1. The largest absolute Gasteiger partial charge is 0.495 e. The molecule has 4 rings (SSSR count). The van der Waals surface area contributed by atoms with E-state index in [-0.39, 0.29) is 17.8 Å². The predicted molar refractivity (Wildman–Crippen MR) is 103 cm³/mol. The van der Waals surface area contributed by atoms with Crippen LogP contribution in [0.2, 0.25) is 0 Å². The molecule has 1 saturated heterocycles. The van der Waals surface area contributed by atoms with E-state index < -0.39 is 0 Å². The molecule has 0 aliphatic carbocycles. The van der Waals surface area contributed by atoms with E-state index in [9.17, 15) is 9.18 Å². The fourth-order valence-electron chi connectivity index (χ4n) is 3.79. The second kappa shape index (κ2) is 7.93. The van der Waals surface area contributed by atoms with E-state index in [1.807, 2.05) is 28.9 Å². The number of anilines is 1. The molecular formula is C20H23FN5O2+. The van der Waals surface area contributed by atoms with Gasteiger partial charge in [-0.15, -0.1) is 5.10 Å². The standard InChI is InChI=1S/C20H22FN5O2/c1-28-19-5-3-2-4-16(19)22-20(27)13-25-10-8-15(9-11-25)26-18-7-6-14(21)12-17(18)23-24-26/h2-7,12,15H,8-11,13H2,1H3,(H,22,27)/p+1. The molecule has 0 saturated carbocycles. The number of fused-ring (bicyclic) bond motifs is 1. The average molecular weight is 384 g/mol.